The van der Waals surface area contributed by atoms with E-state index in [1.54, 1.807) is 19.2 Å². The van der Waals surface area contributed by atoms with Gasteiger partial charge in [-0.15, -0.1) is 0 Å². The van der Waals surface area contributed by atoms with Gasteiger partial charge in [-0.2, -0.15) is 0 Å². The second-order valence-electron chi connectivity index (χ2n) is 4.32. The first-order valence-electron chi connectivity index (χ1n) is 6.66. The summed E-state index contributed by atoms with van der Waals surface area (Å²) in [5.74, 6) is -0.875. The Balaban J connectivity index is 2.02. The quantitative estimate of drug-likeness (QED) is 0.673. The Hall–Kier alpha value is -2.69. The van der Waals surface area contributed by atoms with Gasteiger partial charge in [0.15, 0.2) is 6.61 Å². The molecule has 1 heterocycles. The predicted octanol–water partition coefficient (Wildman–Crippen LogP) is 1.93. The lowest BCUT2D eigenvalue weighted by molar-refractivity contribution is -0.143. The van der Waals surface area contributed by atoms with Crippen molar-refractivity contribution in [2.24, 2.45) is 0 Å². The van der Waals surface area contributed by atoms with E-state index in [1.165, 1.54) is 6.08 Å². The third-order valence-electron chi connectivity index (χ3n) is 2.78. The van der Waals surface area contributed by atoms with Crippen molar-refractivity contribution in [3.8, 4) is 0 Å². The smallest absolute Gasteiger partial charge is 0.331 e. The number of pyridine rings is 1. The van der Waals surface area contributed by atoms with E-state index in [2.05, 4.69) is 10.3 Å². The number of amides is 1. The highest BCUT2D eigenvalue weighted by Gasteiger charge is 2.04. The first-order valence-corrected chi connectivity index (χ1v) is 6.66. The van der Waals surface area contributed by atoms with Gasteiger partial charge in [0, 0.05) is 29.8 Å². The maximum absolute atomic E-state index is 11.6. The average Bonchev–Trinajstić information content (AvgIpc) is 2.51. The Morgan fingerprint density at radius 3 is 2.90 bits per heavy atom. The number of carbonyl (C=O) groups is 2. The molecule has 0 aliphatic rings. The van der Waals surface area contributed by atoms with Crippen LogP contribution in [0.5, 0.6) is 0 Å². The van der Waals surface area contributed by atoms with Gasteiger partial charge < -0.3 is 10.1 Å². The van der Waals surface area contributed by atoms with Gasteiger partial charge >= 0.3 is 5.97 Å². The van der Waals surface area contributed by atoms with Crippen molar-refractivity contribution >= 4 is 28.9 Å². The number of benzene rings is 1. The number of ether oxygens (including phenoxy) is 1. The molecule has 5 nitrogen and oxygen atoms in total. The first kappa shape index (κ1) is 14.7. The molecule has 0 spiro atoms. The molecule has 0 aliphatic heterocycles. The Labute approximate surface area is 122 Å². The number of para-hydroxylation sites is 1. The number of rotatable bonds is 5. The zero-order chi connectivity index (χ0) is 15.1. The second kappa shape index (κ2) is 7.19. The van der Waals surface area contributed by atoms with Crippen LogP contribution in [-0.4, -0.2) is 30.0 Å². The van der Waals surface area contributed by atoms with E-state index in [-0.39, 0.29) is 12.5 Å². The highest BCUT2D eigenvalue weighted by atomic mass is 16.5. The van der Waals surface area contributed by atoms with Gasteiger partial charge in [0.25, 0.3) is 5.91 Å². The minimum atomic E-state index is -0.561. The highest BCUT2D eigenvalue weighted by molar-refractivity contribution is 5.93. The van der Waals surface area contributed by atoms with Crippen LogP contribution < -0.4 is 5.32 Å². The molecule has 21 heavy (non-hydrogen) atoms. The first-order chi connectivity index (χ1) is 10.2. The average molecular weight is 284 g/mol. The SMILES string of the molecule is CCNC(=O)COC(=O)/C=C/c1cccc2cccnc12. The fourth-order valence-electron chi connectivity index (χ4n) is 1.85. The zero-order valence-electron chi connectivity index (χ0n) is 11.7. The Morgan fingerprint density at radius 2 is 2.10 bits per heavy atom. The van der Waals surface area contributed by atoms with E-state index >= 15 is 0 Å². The molecule has 2 aromatic rings. The molecule has 108 valence electrons. The van der Waals surface area contributed by atoms with Crippen molar-refractivity contribution in [2.75, 3.05) is 13.2 Å². The largest absolute Gasteiger partial charge is 0.452 e. The van der Waals surface area contributed by atoms with E-state index in [9.17, 15) is 9.59 Å². The molecule has 0 bridgehead atoms. The van der Waals surface area contributed by atoms with Crippen molar-refractivity contribution in [1.29, 1.82) is 0 Å². The fraction of sp³-hybridized carbons (Fsp3) is 0.188. The summed E-state index contributed by atoms with van der Waals surface area (Å²) in [4.78, 5) is 27.0. The molecule has 5 heteroatoms. The molecule has 1 aromatic carbocycles. The Bertz CT molecular complexity index is 675. The van der Waals surface area contributed by atoms with Gasteiger partial charge in [0.2, 0.25) is 0 Å². The number of esters is 1. The molecular formula is C16H16N2O3. The number of fused-ring (bicyclic) bond motifs is 1. The molecule has 0 atom stereocenters. The summed E-state index contributed by atoms with van der Waals surface area (Å²) in [7, 11) is 0. The summed E-state index contributed by atoms with van der Waals surface area (Å²) in [5.41, 5.74) is 1.64. The van der Waals surface area contributed by atoms with Crippen molar-refractivity contribution < 1.29 is 14.3 Å². The van der Waals surface area contributed by atoms with Gasteiger partial charge in [-0.1, -0.05) is 24.3 Å². The third-order valence-corrected chi connectivity index (χ3v) is 2.78. The molecule has 1 aromatic heterocycles. The van der Waals surface area contributed by atoms with Crippen LogP contribution in [0, 0.1) is 0 Å². The van der Waals surface area contributed by atoms with E-state index in [0.29, 0.717) is 6.54 Å². The van der Waals surface area contributed by atoms with Crippen LogP contribution in [0.2, 0.25) is 0 Å². The number of likely N-dealkylation sites (N-methyl/N-ethyl adjacent to an activating group) is 1. The monoisotopic (exact) mass is 284 g/mol. The molecule has 0 fully saturated rings. The summed E-state index contributed by atoms with van der Waals surface area (Å²) in [6.45, 7) is 2.03. The summed E-state index contributed by atoms with van der Waals surface area (Å²) >= 11 is 0. The van der Waals surface area contributed by atoms with E-state index < -0.39 is 5.97 Å². The van der Waals surface area contributed by atoms with Crippen molar-refractivity contribution in [1.82, 2.24) is 10.3 Å². The van der Waals surface area contributed by atoms with Gasteiger partial charge in [-0.3, -0.25) is 9.78 Å². The van der Waals surface area contributed by atoms with Gasteiger partial charge in [0.1, 0.15) is 0 Å². The maximum Gasteiger partial charge on any atom is 0.331 e. The lowest BCUT2D eigenvalue weighted by atomic mass is 10.1. The van der Waals surface area contributed by atoms with Gasteiger partial charge in [0.05, 0.1) is 5.52 Å². The normalized spacial score (nSPS) is 10.7. The lowest BCUT2D eigenvalue weighted by Crippen LogP contribution is -2.28. The van der Waals surface area contributed by atoms with Crippen LogP contribution in [0.25, 0.3) is 17.0 Å². The zero-order valence-corrected chi connectivity index (χ0v) is 11.7. The number of hydrogen-bond donors (Lipinski definition) is 1. The van der Waals surface area contributed by atoms with Gasteiger partial charge in [-0.05, 0) is 19.1 Å². The van der Waals surface area contributed by atoms with Crippen molar-refractivity contribution in [2.45, 2.75) is 6.92 Å². The standard InChI is InChI=1S/C16H16N2O3/c1-2-17-14(19)11-21-15(20)9-8-13-6-3-5-12-7-4-10-18-16(12)13/h3-10H,2,11H2,1H3,(H,17,19)/b9-8+. The van der Waals surface area contributed by atoms with Crippen LogP contribution in [0.1, 0.15) is 12.5 Å². The highest BCUT2D eigenvalue weighted by Crippen LogP contribution is 2.16. The van der Waals surface area contributed by atoms with Crippen LogP contribution in [-0.2, 0) is 14.3 Å². The Morgan fingerprint density at radius 1 is 1.29 bits per heavy atom. The number of carbonyl (C=O) groups excluding carboxylic acids is 2. The van der Waals surface area contributed by atoms with Crippen LogP contribution in [0.15, 0.2) is 42.6 Å². The minimum Gasteiger partial charge on any atom is -0.452 e. The fourth-order valence-corrected chi connectivity index (χ4v) is 1.85. The second-order valence-corrected chi connectivity index (χ2v) is 4.32. The van der Waals surface area contributed by atoms with Crippen LogP contribution >= 0.6 is 0 Å². The van der Waals surface area contributed by atoms with E-state index in [0.717, 1.165) is 16.5 Å². The third kappa shape index (κ3) is 4.14. The summed E-state index contributed by atoms with van der Waals surface area (Å²) in [5, 5.41) is 3.54. The molecule has 0 saturated carbocycles. The summed E-state index contributed by atoms with van der Waals surface area (Å²) < 4.78 is 4.83. The van der Waals surface area contributed by atoms with Crippen molar-refractivity contribution in [3.63, 3.8) is 0 Å². The summed E-state index contributed by atoms with van der Waals surface area (Å²) in [6, 6.07) is 9.52. The van der Waals surface area contributed by atoms with E-state index in [1.807, 2.05) is 30.3 Å². The van der Waals surface area contributed by atoms with Crippen LogP contribution in [0.4, 0.5) is 0 Å². The molecule has 1 amide bonds. The molecule has 1 N–H and O–H groups in total. The number of nitrogens with zero attached hydrogens (tertiary/aromatic N) is 1. The molecular weight excluding hydrogens is 268 g/mol. The molecule has 2 rings (SSSR count). The minimum absolute atomic E-state index is 0.273. The number of nitrogens with one attached hydrogen (secondary N) is 1. The summed E-state index contributed by atoms with van der Waals surface area (Å²) in [6.07, 6.45) is 4.63. The predicted molar refractivity (Wildman–Crippen MR) is 80.4 cm³/mol. The molecule has 0 radical (unpaired) electrons. The molecule has 0 unspecified atom stereocenters. The topological polar surface area (TPSA) is 68.3 Å². The number of hydrogen-bond acceptors (Lipinski definition) is 4. The van der Waals surface area contributed by atoms with Crippen LogP contribution in [0.3, 0.4) is 0 Å². The number of aromatic nitrogens is 1. The molecule has 0 aliphatic carbocycles. The van der Waals surface area contributed by atoms with Gasteiger partial charge in [-0.25, -0.2) is 4.79 Å². The lowest BCUT2D eigenvalue weighted by Gasteiger charge is -2.02. The molecule has 0 saturated heterocycles. The van der Waals surface area contributed by atoms with E-state index in [4.69, 9.17) is 4.74 Å². The Kier molecular flexibility index (Phi) is 5.04. The maximum atomic E-state index is 11.6. The van der Waals surface area contributed by atoms with Crippen molar-refractivity contribution in [3.05, 3.63) is 48.2 Å².